The number of pyridine rings is 2. The number of hydrogen-bond acceptors (Lipinski definition) is 5. The van der Waals surface area contributed by atoms with E-state index in [1.54, 1.807) is 35.3 Å². The van der Waals surface area contributed by atoms with E-state index in [-0.39, 0.29) is 29.6 Å². The largest absolute Gasteiger partial charge is 0.339 e. The van der Waals surface area contributed by atoms with Crippen molar-refractivity contribution in [3.05, 3.63) is 59.6 Å². The molecule has 0 aliphatic heterocycles. The number of carbonyl (C=O) groups excluding carboxylic acids is 2. The van der Waals surface area contributed by atoms with E-state index in [1.807, 2.05) is 33.8 Å². The molecule has 3 aromatic heterocycles. The summed E-state index contributed by atoms with van der Waals surface area (Å²) in [6.07, 6.45) is 7.48. The lowest BCUT2D eigenvalue weighted by molar-refractivity contribution is -0.119. The average molecular weight is 505 g/mol. The Morgan fingerprint density at radius 3 is 2.32 bits per heavy atom. The van der Waals surface area contributed by atoms with E-state index in [9.17, 15) is 9.59 Å². The van der Waals surface area contributed by atoms with Crippen molar-refractivity contribution in [2.45, 2.75) is 65.5 Å². The molecule has 2 amide bonds. The SMILES string of the molecule is Cc1ccnc(C)c1-c1ccc(NC(=O)[C@@H](NC(=O)c2ccnn2C(C)C)C(C2CC2)C2CC2)nc1F. The van der Waals surface area contributed by atoms with Crippen LogP contribution in [0, 0.1) is 37.5 Å². The Morgan fingerprint density at radius 1 is 1.03 bits per heavy atom. The number of anilines is 1. The number of amides is 2. The number of halogens is 1. The molecule has 2 N–H and O–H groups in total. The van der Waals surface area contributed by atoms with Crippen LogP contribution in [-0.2, 0) is 4.79 Å². The molecule has 5 rings (SSSR count). The zero-order valence-electron chi connectivity index (χ0n) is 21.7. The van der Waals surface area contributed by atoms with Crippen molar-refractivity contribution in [3.63, 3.8) is 0 Å². The first-order chi connectivity index (χ1) is 17.7. The molecule has 1 atom stereocenters. The average Bonchev–Trinajstić information content (AvgIpc) is 3.79. The Labute approximate surface area is 216 Å². The molecule has 0 aromatic carbocycles. The van der Waals surface area contributed by atoms with Gasteiger partial charge in [0.15, 0.2) is 0 Å². The first-order valence-corrected chi connectivity index (χ1v) is 13.0. The summed E-state index contributed by atoms with van der Waals surface area (Å²) in [6.45, 7) is 7.62. The van der Waals surface area contributed by atoms with Gasteiger partial charge in [-0.1, -0.05) is 0 Å². The monoisotopic (exact) mass is 504 g/mol. The van der Waals surface area contributed by atoms with Gasteiger partial charge in [-0.25, -0.2) is 4.98 Å². The van der Waals surface area contributed by atoms with Gasteiger partial charge < -0.3 is 10.6 Å². The van der Waals surface area contributed by atoms with Crippen molar-refractivity contribution in [2.75, 3.05) is 5.32 Å². The molecule has 9 heteroatoms. The van der Waals surface area contributed by atoms with Crippen molar-refractivity contribution in [1.82, 2.24) is 25.1 Å². The van der Waals surface area contributed by atoms with E-state index in [4.69, 9.17) is 0 Å². The summed E-state index contributed by atoms with van der Waals surface area (Å²) in [4.78, 5) is 35.2. The van der Waals surface area contributed by atoms with Gasteiger partial charge in [0.25, 0.3) is 5.91 Å². The lowest BCUT2D eigenvalue weighted by atomic mass is 9.88. The third-order valence-corrected chi connectivity index (χ3v) is 7.40. The van der Waals surface area contributed by atoms with E-state index in [1.165, 1.54) is 0 Å². The molecule has 0 bridgehead atoms. The molecule has 2 saturated carbocycles. The van der Waals surface area contributed by atoms with Crippen LogP contribution in [0.2, 0.25) is 0 Å². The third kappa shape index (κ3) is 5.26. The van der Waals surface area contributed by atoms with Gasteiger partial charge in [-0.15, -0.1) is 0 Å². The van der Waals surface area contributed by atoms with Gasteiger partial charge in [0.2, 0.25) is 11.9 Å². The van der Waals surface area contributed by atoms with Gasteiger partial charge in [-0.2, -0.15) is 9.49 Å². The molecule has 8 nitrogen and oxygen atoms in total. The van der Waals surface area contributed by atoms with Crippen LogP contribution in [0.1, 0.15) is 67.3 Å². The van der Waals surface area contributed by atoms with Gasteiger partial charge in [0.1, 0.15) is 17.6 Å². The first-order valence-electron chi connectivity index (χ1n) is 13.0. The predicted octanol–water partition coefficient (Wildman–Crippen LogP) is 4.85. The minimum Gasteiger partial charge on any atom is -0.339 e. The topological polar surface area (TPSA) is 102 Å². The second kappa shape index (κ2) is 10.0. The maximum Gasteiger partial charge on any atom is 0.270 e. The first kappa shape index (κ1) is 25.0. The number of carbonyl (C=O) groups is 2. The highest BCUT2D eigenvalue weighted by molar-refractivity contribution is 6.00. The Kier molecular flexibility index (Phi) is 6.79. The zero-order chi connectivity index (χ0) is 26.3. The van der Waals surface area contributed by atoms with Gasteiger partial charge in [-0.05, 0) is 101 Å². The molecule has 0 radical (unpaired) electrons. The molecule has 2 aliphatic rings. The summed E-state index contributed by atoms with van der Waals surface area (Å²) in [5, 5.41) is 10.0. The summed E-state index contributed by atoms with van der Waals surface area (Å²) >= 11 is 0. The fraction of sp³-hybridized carbons (Fsp3) is 0.464. The second-order valence-electron chi connectivity index (χ2n) is 10.6. The van der Waals surface area contributed by atoms with Gasteiger partial charge in [0, 0.05) is 35.3 Å². The van der Waals surface area contributed by atoms with Crippen LogP contribution in [0.15, 0.2) is 36.7 Å². The maximum absolute atomic E-state index is 15.1. The molecular weight excluding hydrogens is 471 g/mol. The van der Waals surface area contributed by atoms with E-state index in [2.05, 4.69) is 25.7 Å². The lowest BCUT2D eigenvalue weighted by Gasteiger charge is -2.27. The molecule has 0 spiro atoms. The zero-order valence-corrected chi connectivity index (χ0v) is 21.7. The van der Waals surface area contributed by atoms with Crippen LogP contribution in [0.4, 0.5) is 10.2 Å². The molecule has 0 unspecified atom stereocenters. The normalized spacial score (nSPS) is 16.2. The summed E-state index contributed by atoms with van der Waals surface area (Å²) in [5.41, 5.74) is 3.04. The molecule has 3 aromatic rings. The van der Waals surface area contributed by atoms with E-state index < -0.39 is 12.0 Å². The highest BCUT2D eigenvalue weighted by Gasteiger charge is 2.48. The fourth-order valence-corrected chi connectivity index (χ4v) is 5.34. The molecule has 3 heterocycles. The van der Waals surface area contributed by atoms with E-state index in [0.717, 1.165) is 31.2 Å². The highest BCUT2D eigenvalue weighted by Crippen LogP contribution is 2.51. The third-order valence-electron chi connectivity index (χ3n) is 7.40. The summed E-state index contributed by atoms with van der Waals surface area (Å²) < 4.78 is 16.8. The number of rotatable bonds is 9. The molecular formula is C28H33FN6O2. The predicted molar refractivity (Wildman–Crippen MR) is 138 cm³/mol. The highest BCUT2D eigenvalue weighted by atomic mass is 19.1. The van der Waals surface area contributed by atoms with Crippen molar-refractivity contribution in [1.29, 1.82) is 0 Å². The Balaban J connectivity index is 1.39. The quantitative estimate of drug-likeness (QED) is 0.406. The lowest BCUT2D eigenvalue weighted by Crippen LogP contribution is -2.50. The van der Waals surface area contributed by atoms with Crippen molar-refractivity contribution in [2.24, 2.45) is 17.8 Å². The summed E-state index contributed by atoms with van der Waals surface area (Å²) in [5.74, 6) is -0.425. The van der Waals surface area contributed by atoms with Gasteiger partial charge >= 0.3 is 0 Å². The van der Waals surface area contributed by atoms with Crippen LogP contribution in [0.3, 0.4) is 0 Å². The standard InChI is InChI=1S/C28H33FN6O2/c1-15(2)35-21(12-14-31-35)27(36)34-25(24(18-5-6-18)19-7-8-19)28(37)33-22-10-9-20(26(29)32-22)23-16(3)11-13-30-17(23)4/h9-15,18-19,24-25H,5-8H2,1-4H3,(H,34,36)(H,32,33,37)/t25-/m0/s1. The summed E-state index contributed by atoms with van der Waals surface area (Å²) in [6, 6.07) is 5.96. The van der Waals surface area contributed by atoms with E-state index >= 15 is 4.39 Å². The minimum absolute atomic E-state index is 0.00321. The number of aryl methyl sites for hydroxylation is 2. The maximum atomic E-state index is 15.1. The smallest absolute Gasteiger partial charge is 0.270 e. The number of aromatic nitrogens is 4. The molecule has 2 fully saturated rings. The summed E-state index contributed by atoms with van der Waals surface area (Å²) in [7, 11) is 0. The fourth-order valence-electron chi connectivity index (χ4n) is 5.34. The Bertz CT molecular complexity index is 1300. The number of nitrogens with zero attached hydrogens (tertiary/aromatic N) is 4. The van der Waals surface area contributed by atoms with Crippen LogP contribution in [0.5, 0.6) is 0 Å². The van der Waals surface area contributed by atoms with Crippen LogP contribution in [-0.4, -0.2) is 37.6 Å². The minimum atomic E-state index is -0.740. The molecule has 37 heavy (non-hydrogen) atoms. The number of hydrogen-bond donors (Lipinski definition) is 2. The van der Waals surface area contributed by atoms with Crippen LogP contribution >= 0.6 is 0 Å². The van der Waals surface area contributed by atoms with Crippen molar-refractivity contribution < 1.29 is 14.0 Å². The van der Waals surface area contributed by atoms with Gasteiger partial charge in [0.05, 0.1) is 0 Å². The van der Waals surface area contributed by atoms with Crippen molar-refractivity contribution in [3.8, 4) is 11.1 Å². The Morgan fingerprint density at radius 2 is 1.73 bits per heavy atom. The Hall–Kier alpha value is -3.62. The molecule has 194 valence electrons. The molecule has 0 saturated heterocycles. The second-order valence-corrected chi connectivity index (χ2v) is 10.6. The van der Waals surface area contributed by atoms with Crippen molar-refractivity contribution >= 4 is 17.6 Å². The van der Waals surface area contributed by atoms with Crippen LogP contribution < -0.4 is 10.6 Å². The van der Waals surface area contributed by atoms with E-state index in [0.29, 0.717) is 34.4 Å². The van der Waals surface area contributed by atoms with Gasteiger partial charge in [-0.3, -0.25) is 19.3 Å². The number of nitrogens with one attached hydrogen (secondary N) is 2. The molecule has 2 aliphatic carbocycles. The van der Waals surface area contributed by atoms with Crippen LogP contribution in [0.25, 0.3) is 11.1 Å².